The zero-order valence-corrected chi connectivity index (χ0v) is 23.4. The Morgan fingerprint density at radius 1 is 1.26 bits per heavy atom. The molecular weight excluding hydrogens is 566 g/mol. The molecule has 4 rings (SSSR count). The monoisotopic (exact) mass is 593 g/mol. The number of carbonyl (C=O) groups is 2. The van der Waals surface area contributed by atoms with Crippen LogP contribution in [0.3, 0.4) is 0 Å². The van der Waals surface area contributed by atoms with Crippen molar-refractivity contribution in [1.29, 1.82) is 0 Å². The highest BCUT2D eigenvalue weighted by molar-refractivity contribution is 8.93. The number of nitrogens with one attached hydrogen (secondary N) is 3. The molecule has 0 unspecified atom stereocenters. The number of terminal acetylenes is 1. The minimum Gasteiger partial charge on any atom is -0.355 e. The fraction of sp³-hybridized carbons (Fsp3) is 0.417. The first kappa shape index (κ1) is 27.5. The van der Waals surface area contributed by atoms with Gasteiger partial charge in [-0.15, -0.1) is 23.4 Å². The molecule has 35 heavy (non-hydrogen) atoms. The Hall–Kier alpha value is -2.13. The Bertz CT molecular complexity index is 1200. The SMILES string of the molecule is Br.C#CCN1C2=C(CCCC2)Cc2cc(NC(=O)CCC(=O)NCCSc3n[nH]c(=S)s3)ccc21. The van der Waals surface area contributed by atoms with Gasteiger partial charge < -0.3 is 15.5 Å². The van der Waals surface area contributed by atoms with Gasteiger partial charge in [0.25, 0.3) is 0 Å². The van der Waals surface area contributed by atoms with Gasteiger partial charge in [-0.05, 0) is 73.7 Å². The van der Waals surface area contributed by atoms with Crippen LogP contribution in [0.25, 0.3) is 0 Å². The number of nitrogens with zero attached hydrogens (tertiary/aromatic N) is 2. The first-order valence-electron chi connectivity index (χ1n) is 11.3. The number of aromatic nitrogens is 2. The van der Waals surface area contributed by atoms with E-state index in [1.165, 1.54) is 52.8 Å². The van der Waals surface area contributed by atoms with Crippen LogP contribution < -0.4 is 15.5 Å². The van der Waals surface area contributed by atoms with E-state index in [-0.39, 0.29) is 41.6 Å². The van der Waals surface area contributed by atoms with Gasteiger partial charge in [-0.25, -0.2) is 0 Å². The van der Waals surface area contributed by atoms with E-state index in [4.69, 9.17) is 18.6 Å². The summed E-state index contributed by atoms with van der Waals surface area (Å²) >= 11 is 7.93. The lowest BCUT2D eigenvalue weighted by atomic mass is 9.86. The van der Waals surface area contributed by atoms with E-state index in [9.17, 15) is 9.59 Å². The first-order chi connectivity index (χ1) is 16.5. The number of aromatic amines is 1. The Morgan fingerprint density at radius 2 is 2.06 bits per heavy atom. The molecule has 1 aromatic heterocycles. The fourth-order valence-corrected chi connectivity index (χ4v) is 6.34. The molecule has 1 aromatic carbocycles. The Balaban J connectivity index is 0.00000342. The zero-order valence-electron chi connectivity index (χ0n) is 19.2. The summed E-state index contributed by atoms with van der Waals surface area (Å²) in [5.41, 5.74) is 5.92. The highest BCUT2D eigenvalue weighted by Crippen LogP contribution is 2.40. The molecule has 7 nitrogen and oxygen atoms in total. The van der Waals surface area contributed by atoms with Crippen molar-refractivity contribution >= 4 is 75.5 Å². The van der Waals surface area contributed by atoms with E-state index >= 15 is 0 Å². The lowest BCUT2D eigenvalue weighted by Gasteiger charge is -2.37. The van der Waals surface area contributed by atoms with Crippen LogP contribution in [-0.2, 0) is 16.0 Å². The number of H-pyrrole nitrogens is 1. The van der Waals surface area contributed by atoms with Crippen LogP contribution in [-0.4, -0.2) is 40.9 Å². The molecule has 0 fully saturated rings. The van der Waals surface area contributed by atoms with Crippen LogP contribution in [0.1, 0.15) is 44.1 Å². The maximum Gasteiger partial charge on any atom is 0.224 e. The third-order valence-corrected chi connectivity index (χ3v) is 8.06. The second-order valence-electron chi connectivity index (χ2n) is 8.19. The summed E-state index contributed by atoms with van der Waals surface area (Å²) in [5, 5.41) is 12.6. The van der Waals surface area contributed by atoms with E-state index < -0.39 is 0 Å². The van der Waals surface area contributed by atoms with Crippen molar-refractivity contribution in [3.8, 4) is 12.3 Å². The molecule has 2 heterocycles. The molecule has 11 heteroatoms. The molecule has 0 atom stereocenters. The lowest BCUT2D eigenvalue weighted by Crippen LogP contribution is -2.30. The summed E-state index contributed by atoms with van der Waals surface area (Å²) in [6.07, 6.45) is 11.4. The maximum absolute atomic E-state index is 12.4. The molecule has 3 N–H and O–H groups in total. The van der Waals surface area contributed by atoms with Crippen molar-refractivity contribution < 1.29 is 9.59 Å². The van der Waals surface area contributed by atoms with Crippen LogP contribution >= 0.6 is 52.3 Å². The fourth-order valence-electron chi connectivity index (χ4n) is 4.33. The molecule has 1 aliphatic carbocycles. The van der Waals surface area contributed by atoms with E-state index in [1.54, 1.807) is 0 Å². The number of fused-ring (bicyclic) bond motifs is 1. The van der Waals surface area contributed by atoms with E-state index in [0.29, 0.717) is 22.8 Å². The molecule has 0 bridgehead atoms. The van der Waals surface area contributed by atoms with Gasteiger partial charge in [0.15, 0.2) is 8.29 Å². The molecule has 1 aliphatic heterocycles. The Labute approximate surface area is 229 Å². The van der Waals surface area contributed by atoms with Gasteiger partial charge in [0, 0.05) is 42.2 Å². The molecule has 0 spiro atoms. The van der Waals surface area contributed by atoms with Gasteiger partial charge >= 0.3 is 0 Å². The van der Waals surface area contributed by atoms with Gasteiger partial charge in [0.2, 0.25) is 11.8 Å². The number of amides is 2. The third kappa shape index (κ3) is 7.43. The lowest BCUT2D eigenvalue weighted by molar-refractivity contribution is -0.124. The van der Waals surface area contributed by atoms with Gasteiger partial charge in [-0.2, -0.15) is 5.10 Å². The van der Waals surface area contributed by atoms with Crippen LogP contribution in [0.5, 0.6) is 0 Å². The van der Waals surface area contributed by atoms with E-state index in [0.717, 1.165) is 35.0 Å². The minimum absolute atomic E-state index is 0. The normalized spacial score (nSPS) is 14.3. The number of benzene rings is 1. The topological polar surface area (TPSA) is 90.1 Å². The van der Waals surface area contributed by atoms with Gasteiger partial charge in [-0.1, -0.05) is 29.0 Å². The molecule has 2 amide bonds. The average Bonchev–Trinajstić information content (AvgIpc) is 3.25. The van der Waals surface area contributed by atoms with Crippen LogP contribution in [0, 0.1) is 16.3 Å². The second-order valence-corrected chi connectivity index (χ2v) is 11.2. The molecular formula is C24H28BrN5O2S3. The van der Waals surface area contributed by atoms with Crippen molar-refractivity contribution in [3.63, 3.8) is 0 Å². The van der Waals surface area contributed by atoms with Gasteiger partial charge in [0.1, 0.15) is 0 Å². The van der Waals surface area contributed by atoms with Crippen LogP contribution in [0.15, 0.2) is 33.8 Å². The molecule has 2 aromatic rings. The summed E-state index contributed by atoms with van der Waals surface area (Å²) in [6, 6.07) is 5.99. The predicted octanol–water partition coefficient (Wildman–Crippen LogP) is 5.23. The van der Waals surface area contributed by atoms with Crippen molar-refractivity contribution in [2.75, 3.05) is 29.1 Å². The minimum atomic E-state index is -0.172. The van der Waals surface area contributed by atoms with Crippen molar-refractivity contribution in [2.45, 2.75) is 49.3 Å². The van der Waals surface area contributed by atoms with Crippen molar-refractivity contribution in [3.05, 3.63) is 39.0 Å². The van der Waals surface area contributed by atoms with Crippen LogP contribution in [0.2, 0.25) is 0 Å². The first-order valence-corrected chi connectivity index (χ1v) is 13.5. The molecule has 0 radical (unpaired) electrons. The van der Waals surface area contributed by atoms with E-state index in [1.807, 2.05) is 18.2 Å². The number of halogens is 1. The predicted molar refractivity (Wildman–Crippen MR) is 151 cm³/mol. The number of hydrogen-bond donors (Lipinski definition) is 3. The largest absolute Gasteiger partial charge is 0.355 e. The average molecular weight is 595 g/mol. The zero-order chi connectivity index (χ0) is 23.9. The highest BCUT2D eigenvalue weighted by atomic mass is 79.9. The maximum atomic E-state index is 12.4. The summed E-state index contributed by atoms with van der Waals surface area (Å²) in [4.78, 5) is 26.8. The Morgan fingerprint density at radius 3 is 2.83 bits per heavy atom. The molecule has 0 saturated heterocycles. The highest BCUT2D eigenvalue weighted by Gasteiger charge is 2.26. The number of anilines is 2. The smallest absolute Gasteiger partial charge is 0.224 e. The number of carbonyl (C=O) groups excluding carboxylic acids is 2. The summed E-state index contributed by atoms with van der Waals surface area (Å²) in [7, 11) is 0. The third-order valence-electron chi connectivity index (χ3n) is 5.83. The second kappa shape index (κ2) is 13.3. The van der Waals surface area contributed by atoms with Crippen LogP contribution in [0.4, 0.5) is 11.4 Å². The van der Waals surface area contributed by atoms with E-state index in [2.05, 4.69) is 31.7 Å². The number of allylic oxidation sites excluding steroid dienone is 2. The number of thioether (sulfide) groups is 1. The summed E-state index contributed by atoms with van der Waals surface area (Å²) in [6.45, 7) is 1.07. The molecule has 186 valence electrons. The quantitative estimate of drug-likeness (QED) is 0.160. The Kier molecular flexibility index (Phi) is 10.4. The van der Waals surface area contributed by atoms with Crippen molar-refractivity contribution in [2.24, 2.45) is 0 Å². The van der Waals surface area contributed by atoms with Gasteiger partial charge in [0.05, 0.1) is 6.54 Å². The molecule has 2 aliphatic rings. The summed E-state index contributed by atoms with van der Waals surface area (Å²) in [5.74, 6) is 3.17. The van der Waals surface area contributed by atoms with Crippen molar-refractivity contribution in [1.82, 2.24) is 15.5 Å². The molecule has 0 saturated carbocycles. The number of rotatable bonds is 9. The summed E-state index contributed by atoms with van der Waals surface area (Å²) < 4.78 is 1.49. The number of hydrogen-bond acceptors (Lipinski definition) is 7. The van der Waals surface area contributed by atoms with Gasteiger partial charge in [-0.3, -0.25) is 14.7 Å². The standard InChI is InChI=1S/C24H27N5O2S3.BrH/c1-2-12-29-19-6-4-3-5-16(19)14-17-15-18(7-8-20(17)29)26-22(31)10-9-21(30)25-11-13-33-24-28-27-23(32)34-24;/h1,7-8,15H,3-6,9-14H2,(H,25,30)(H,26,31)(H,27,32);1H.